The number of fused-ring (bicyclic) bond motifs is 4. The second-order valence-electron chi connectivity index (χ2n) is 11.3. The van der Waals surface area contributed by atoms with Gasteiger partial charge in [0.15, 0.2) is 21.2 Å². The number of phenols is 1. The number of allylic oxidation sites excluding steroid dienone is 2. The monoisotopic (exact) mass is 560 g/mol. The third-order valence-electron chi connectivity index (χ3n) is 9.52. The maximum Gasteiger partial charge on any atom is 0.253 e. The number of halogens is 2. The number of hydrogen-bond donors (Lipinski definition) is 1. The van der Waals surface area contributed by atoms with Crippen LogP contribution in [0.5, 0.6) is 11.5 Å². The van der Waals surface area contributed by atoms with Gasteiger partial charge in [-0.3, -0.25) is 29.0 Å². The van der Waals surface area contributed by atoms with Gasteiger partial charge in [-0.1, -0.05) is 37.0 Å². The second-order valence-corrected chi connectivity index (χ2v) is 12.5. The SMILES string of the molecule is COc1ccc(C2C3=CCC4C(=O)N(C5CCCCC5)C(=O)C4C3CC3(Cl)C(=O)N(C)C(=O)C23Cl)cc1O. The molecule has 6 rings (SSSR count). The van der Waals surface area contributed by atoms with Crippen LogP contribution in [-0.4, -0.2) is 68.5 Å². The smallest absolute Gasteiger partial charge is 0.253 e. The molecule has 0 aromatic heterocycles. The number of rotatable bonds is 3. The van der Waals surface area contributed by atoms with Gasteiger partial charge in [0.1, 0.15) is 0 Å². The van der Waals surface area contributed by atoms with Crippen LogP contribution in [0.25, 0.3) is 0 Å². The summed E-state index contributed by atoms with van der Waals surface area (Å²) in [4.78, 5) is 53.3. The van der Waals surface area contributed by atoms with E-state index in [-0.39, 0.29) is 35.8 Å². The minimum absolute atomic E-state index is 0.0316. The molecule has 1 aromatic rings. The van der Waals surface area contributed by atoms with Gasteiger partial charge in [0.05, 0.1) is 18.9 Å². The Kier molecular flexibility index (Phi) is 5.89. The van der Waals surface area contributed by atoms with Crippen molar-refractivity contribution in [2.45, 2.75) is 66.7 Å². The summed E-state index contributed by atoms with van der Waals surface area (Å²) >= 11 is 14.3. The van der Waals surface area contributed by atoms with Crippen LogP contribution in [0.15, 0.2) is 29.8 Å². The number of ether oxygens (including phenoxy) is 1. The maximum absolute atomic E-state index is 14.0. The molecule has 4 amide bonds. The molecule has 1 N–H and O–H groups in total. The first-order valence-electron chi connectivity index (χ1n) is 13.2. The zero-order valence-corrected chi connectivity index (χ0v) is 22.8. The average Bonchev–Trinajstić information content (AvgIpc) is 3.24. The number of carbonyl (C=O) groups is 4. The Labute approximate surface area is 230 Å². The number of phenolic OH excluding ortho intramolecular Hbond substituents is 1. The molecule has 10 heteroatoms. The van der Waals surface area contributed by atoms with Crippen molar-refractivity contribution in [1.82, 2.24) is 9.80 Å². The number of imide groups is 2. The minimum Gasteiger partial charge on any atom is -0.504 e. The maximum atomic E-state index is 14.0. The standard InChI is InChI=1S/C28H30Cl2N2O6/c1-31-25(36)27(29)13-18-16(22(28(27,30)26(31)37)14-8-11-20(38-2)19(33)12-14)9-10-17-21(18)24(35)32(23(17)34)15-6-4-3-5-7-15/h8-9,11-12,15,17-18,21-22,33H,3-7,10,13H2,1-2H3. The van der Waals surface area contributed by atoms with Gasteiger partial charge in [0, 0.05) is 19.0 Å². The summed E-state index contributed by atoms with van der Waals surface area (Å²) < 4.78 is 5.19. The van der Waals surface area contributed by atoms with E-state index in [0.717, 1.165) is 37.0 Å². The summed E-state index contributed by atoms with van der Waals surface area (Å²) in [6.07, 6.45) is 6.88. The minimum atomic E-state index is -1.87. The summed E-state index contributed by atoms with van der Waals surface area (Å²) in [5, 5.41) is 10.6. The molecule has 8 nitrogen and oxygen atoms in total. The molecule has 5 aliphatic rings. The molecular formula is C28H30Cl2N2O6. The average molecular weight is 561 g/mol. The van der Waals surface area contributed by atoms with Crippen molar-refractivity contribution < 1.29 is 29.0 Å². The van der Waals surface area contributed by atoms with Gasteiger partial charge >= 0.3 is 0 Å². The zero-order valence-electron chi connectivity index (χ0n) is 21.3. The van der Waals surface area contributed by atoms with Crippen LogP contribution in [0, 0.1) is 17.8 Å². The molecule has 2 aliphatic heterocycles. The molecule has 2 heterocycles. The fourth-order valence-electron chi connectivity index (χ4n) is 7.73. The van der Waals surface area contributed by atoms with E-state index in [1.165, 1.54) is 25.1 Å². The molecule has 3 aliphatic carbocycles. The Morgan fingerprint density at radius 2 is 1.71 bits per heavy atom. The molecule has 1 aromatic carbocycles. The van der Waals surface area contributed by atoms with E-state index in [1.54, 1.807) is 12.1 Å². The number of benzene rings is 1. The van der Waals surface area contributed by atoms with E-state index in [1.807, 2.05) is 6.08 Å². The Hall–Kier alpha value is -2.58. The number of likely N-dealkylation sites (tertiary alicyclic amines) is 2. The number of carbonyl (C=O) groups excluding carboxylic acids is 4. The number of amides is 4. The van der Waals surface area contributed by atoms with E-state index in [9.17, 15) is 24.3 Å². The van der Waals surface area contributed by atoms with Crippen LogP contribution < -0.4 is 4.74 Å². The lowest BCUT2D eigenvalue weighted by molar-refractivity contribution is -0.144. The largest absolute Gasteiger partial charge is 0.504 e. The van der Waals surface area contributed by atoms with Crippen molar-refractivity contribution in [3.8, 4) is 11.5 Å². The molecule has 4 fully saturated rings. The second kappa shape index (κ2) is 8.71. The molecule has 2 saturated carbocycles. The van der Waals surface area contributed by atoms with E-state index >= 15 is 0 Å². The first kappa shape index (κ1) is 25.7. The summed E-state index contributed by atoms with van der Waals surface area (Å²) in [6, 6.07) is 4.61. The molecule has 6 atom stereocenters. The van der Waals surface area contributed by atoms with E-state index in [2.05, 4.69) is 0 Å². The summed E-state index contributed by atoms with van der Waals surface area (Å²) in [5.41, 5.74) is 1.19. The highest BCUT2D eigenvalue weighted by Gasteiger charge is 2.76. The lowest BCUT2D eigenvalue weighted by Gasteiger charge is -2.50. The van der Waals surface area contributed by atoms with Gasteiger partial charge in [-0.25, -0.2) is 0 Å². The van der Waals surface area contributed by atoms with E-state index in [0.29, 0.717) is 17.6 Å². The van der Waals surface area contributed by atoms with Crippen molar-refractivity contribution in [2.24, 2.45) is 17.8 Å². The lowest BCUT2D eigenvalue weighted by atomic mass is 9.56. The van der Waals surface area contributed by atoms with Gasteiger partial charge < -0.3 is 9.84 Å². The molecule has 2 saturated heterocycles. The highest BCUT2D eigenvalue weighted by Crippen LogP contribution is 2.65. The molecule has 6 unspecified atom stereocenters. The number of methoxy groups -OCH3 is 1. The number of hydrogen-bond acceptors (Lipinski definition) is 6. The van der Waals surface area contributed by atoms with Gasteiger partial charge in [-0.15, -0.1) is 23.2 Å². The van der Waals surface area contributed by atoms with Crippen LogP contribution in [0.3, 0.4) is 0 Å². The van der Waals surface area contributed by atoms with Crippen LogP contribution in [0.4, 0.5) is 0 Å². The quantitative estimate of drug-likeness (QED) is 0.343. The Balaban J connectivity index is 1.49. The first-order chi connectivity index (χ1) is 18.1. The third-order valence-corrected chi connectivity index (χ3v) is 10.9. The normalized spacial score (nSPS) is 37.2. The van der Waals surface area contributed by atoms with Gasteiger partial charge in [-0.05, 0) is 49.3 Å². The fourth-order valence-corrected chi connectivity index (χ4v) is 8.75. The fraction of sp³-hybridized carbons (Fsp3) is 0.571. The number of nitrogens with zero attached hydrogens (tertiary/aromatic N) is 2. The first-order valence-corrected chi connectivity index (χ1v) is 14.0. The van der Waals surface area contributed by atoms with Crippen LogP contribution in [0.1, 0.15) is 56.4 Å². The van der Waals surface area contributed by atoms with E-state index < -0.39 is 45.2 Å². The predicted octanol–water partition coefficient (Wildman–Crippen LogP) is 3.72. The molecular weight excluding hydrogens is 531 g/mol. The van der Waals surface area contributed by atoms with Crippen molar-refractivity contribution >= 4 is 46.8 Å². The molecule has 38 heavy (non-hydrogen) atoms. The third kappa shape index (κ3) is 3.16. The van der Waals surface area contributed by atoms with Crippen molar-refractivity contribution in [1.29, 1.82) is 0 Å². The number of alkyl halides is 2. The van der Waals surface area contributed by atoms with Crippen molar-refractivity contribution in [2.75, 3.05) is 14.2 Å². The topological polar surface area (TPSA) is 104 Å². The molecule has 0 radical (unpaired) electrons. The van der Waals surface area contributed by atoms with Crippen molar-refractivity contribution in [3.05, 3.63) is 35.4 Å². The summed E-state index contributed by atoms with van der Waals surface area (Å²) in [5.74, 6) is -4.19. The lowest BCUT2D eigenvalue weighted by Crippen LogP contribution is -2.60. The van der Waals surface area contributed by atoms with Crippen molar-refractivity contribution in [3.63, 3.8) is 0 Å². The van der Waals surface area contributed by atoms with Gasteiger partial charge in [-0.2, -0.15) is 0 Å². The van der Waals surface area contributed by atoms with Gasteiger partial charge in [0.25, 0.3) is 11.8 Å². The Morgan fingerprint density at radius 3 is 2.37 bits per heavy atom. The molecule has 202 valence electrons. The zero-order chi connectivity index (χ0) is 27.1. The predicted molar refractivity (Wildman–Crippen MR) is 139 cm³/mol. The molecule has 0 spiro atoms. The van der Waals surface area contributed by atoms with E-state index in [4.69, 9.17) is 27.9 Å². The summed E-state index contributed by atoms with van der Waals surface area (Å²) in [6.45, 7) is 0. The highest BCUT2D eigenvalue weighted by atomic mass is 35.5. The van der Waals surface area contributed by atoms with Crippen LogP contribution in [0.2, 0.25) is 0 Å². The van der Waals surface area contributed by atoms with Crippen LogP contribution >= 0.6 is 23.2 Å². The summed E-state index contributed by atoms with van der Waals surface area (Å²) in [7, 11) is 2.78. The highest BCUT2D eigenvalue weighted by molar-refractivity contribution is 6.53. The van der Waals surface area contributed by atoms with Gasteiger partial charge in [0.2, 0.25) is 11.8 Å². The number of aromatic hydroxyl groups is 1. The van der Waals surface area contributed by atoms with Crippen LogP contribution in [-0.2, 0) is 19.2 Å². The molecule has 0 bridgehead atoms. The Bertz CT molecular complexity index is 1290. The Morgan fingerprint density at radius 1 is 1.00 bits per heavy atom.